The van der Waals surface area contributed by atoms with Crippen molar-refractivity contribution < 1.29 is 4.74 Å². The van der Waals surface area contributed by atoms with Crippen molar-refractivity contribution in [3.63, 3.8) is 0 Å². The van der Waals surface area contributed by atoms with Gasteiger partial charge < -0.3 is 15.0 Å². The molecule has 0 amide bonds. The number of hydrogen-bond acceptors (Lipinski definition) is 4. The van der Waals surface area contributed by atoms with Crippen LogP contribution in [0.3, 0.4) is 0 Å². The Morgan fingerprint density at radius 3 is 3.10 bits per heavy atom. The molecular weight excluding hydrogens is 282 g/mol. The van der Waals surface area contributed by atoms with Crippen LogP contribution in [0, 0.1) is 6.92 Å². The van der Waals surface area contributed by atoms with E-state index in [4.69, 9.17) is 4.74 Å². The van der Waals surface area contributed by atoms with E-state index in [1.807, 2.05) is 24.3 Å². The maximum absolute atomic E-state index is 5.33. The highest BCUT2D eigenvalue weighted by atomic mass is 32.1. The summed E-state index contributed by atoms with van der Waals surface area (Å²) in [6, 6.07) is 6.04. The Bertz CT molecular complexity index is 788. The first-order valence-electron chi connectivity index (χ1n) is 6.70. The predicted octanol–water partition coefficient (Wildman–Crippen LogP) is 4.21. The van der Waals surface area contributed by atoms with Crippen molar-refractivity contribution in [3.05, 3.63) is 41.9 Å². The third-order valence-corrected chi connectivity index (χ3v) is 4.15. The number of H-pyrrole nitrogens is 1. The number of nitrogens with one attached hydrogen (secondary N) is 2. The Balaban J connectivity index is 2.08. The first-order chi connectivity index (χ1) is 10.2. The number of aryl methyl sites for hydroxylation is 1. The molecule has 0 unspecified atom stereocenters. The molecule has 0 atom stereocenters. The number of nitrogens with zero attached hydrogens (tertiary/aromatic N) is 1. The second kappa shape index (κ2) is 5.61. The summed E-state index contributed by atoms with van der Waals surface area (Å²) >= 11 is 1.60. The van der Waals surface area contributed by atoms with Crippen LogP contribution >= 0.6 is 11.3 Å². The number of aromatic nitrogens is 2. The molecule has 3 rings (SSSR count). The van der Waals surface area contributed by atoms with Crippen LogP contribution in [-0.4, -0.2) is 23.6 Å². The number of anilines is 1. The predicted molar refractivity (Wildman–Crippen MR) is 89.4 cm³/mol. The first-order valence-corrected chi connectivity index (χ1v) is 7.58. The molecule has 0 saturated carbocycles. The molecule has 4 nitrogen and oxygen atoms in total. The van der Waals surface area contributed by atoms with Crippen LogP contribution in [0.5, 0.6) is 5.75 Å². The fourth-order valence-electron chi connectivity index (χ4n) is 2.39. The van der Waals surface area contributed by atoms with Crippen LogP contribution in [0.25, 0.3) is 22.2 Å². The van der Waals surface area contributed by atoms with Gasteiger partial charge in [-0.15, -0.1) is 17.9 Å². The van der Waals surface area contributed by atoms with Crippen LogP contribution in [-0.2, 0) is 0 Å². The number of aromatic amines is 1. The van der Waals surface area contributed by atoms with Gasteiger partial charge in [0, 0.05) is 34.1 Å². The third kappa shape index (κ3) is 2.52. The molecule has 0 fully saturated rings. The average Bonchev–Trinajstić information content (AvgIpc) is 3.07. The minimum absolute atomic E-state index is 0.716. The minimum Gasteiger partial charge on any atom is -0.497 e. The maximum Gasteiger partial charge on any atom is 0.183 e. The van der Waals surface area contributed by atoms with Gasteiger partial charge in [-0.05, 0) is 25.1 Å². The van der Waals surface area contributed by atoms with Gasteiger partial charge in [0.25, 0.3) is 0 Å². The smallest absolute Gasteiger partial charge is 0.183 e. The third-order valence-electron chi connectivity index (χ3n) is 3.35. The van der Waals surface area contributed by atoms with Crippen LogP contribution in [0.2, 0.25) is 0 Å². The molecule has 2 N–H and O–H groups in total. The van der Waals surface area contributed by atoms with Crippen molar-refractivity contribution in [1.82, 2.24) is 9.97 Å². The largest absolute Gasteiger partial charge is 0.497 e. The van der Waals surface area contributed by atoms with Crippen molar-refractivity contribution >= 4 is 27.4 Å². The van der Waals surface area contributed by atoms with Crippen molar-refractivity contribution in [2.75, 3.05) is 19.0 Å². The molecule has 0 aliphatic carbocycles. The van der Waals surface area contributed by atoms with Crippen molar-refractivity contribution in [3.8, 4) is 17.0 Å². The molecule has 1 aromatic carbocycles. The van der Waals surface area contributed by atoms with Crippen LogP contribution in [0.1, 0.15) is 5.69 Å². The summed E-state index contributed by atoms with van der Waals surface area (Å²) in [4.78, 5) is 8.06. The molecule has 3 aromatic rings. The van der Waals surface area contributed by atoms with Gasteiger partial charge in [0.15, 0.2) is 5.13 Å². The van der Waals surface area contributed by atoms with Gasteiger partial charge in [0.1, 0.15) is 5.75 Å². The molecule has 2 heterocycles. The normalized spacial score (nSPS) is 10.8. The lowest BCUT2D eigenvalue weighted by Crippen LogP contribution is -1.96. The van der Waals surface area contributed by atoms with E-state index in [0.717, 1.165) is 38.7 Å². The molecule has 108 valence electrons. The summed E-state index contributed by atoms with van der Waals surface area (Å²) in [7, 11) is 1.68. The van der Waals surface area contributed by atoms with Gasteiger partial charge in [-0.25, -0.2) is 4.98 Å². The summed E-state index contributed by atoms with van der Waals surface area (Å²) in [5.41, 5.74) is 4.31. The van der Waals surface area contributed by atoms with Crippen LogP contribution in [0.4, 0.5) is 5.13 Å². The zero-order valence-electron chi connectivity index (χ0n) is 12.1. The molecule has 21 heavy (non-hydrogen) atoms. The molecule has 5 heteroatoms. The average molecular weight is 299 g/mol. The zero-order valence-corrected chi connectivity index (χ0v) is 12.9. The van der Waals surface area contributed by atoms with Gasteiger partial charge in [-0.1, -0.05) is 6.08 Å². The number of thiazole rings is 1. The van der Waals surface area contributed by atoms with E-state index in [1.54, 1.807) is 18.4 Å². The summed E-state index contributed by atoms with van der Waals surface area (Å²) in [6.07, 6.45) is 1.82. The van der Waals surface area contributed by atoms with E-state index in [2.05, 4.69) is 34.2 Å². The molecule has 0 spiro atoms. The van der Waals surface area contributed by atoms with Crippen molar-refractivity contribution in [2.45, 2.75) is 6.92 Å². The Labute approximate surface area is 127 Å². The summed E-state index contributed by atoms with van der Waals surface area (Å²) < 4.78 is 5.33. The summed E-state index contributed by atoms with van der Waals surface area (Å²) in [5, 5.41) is 7.33. The Hall–Kier alpha value is -2.27. The molecule has 0 bridgehead atoms. The number of methoxy groups -OCH3 is 1. The fraction of sp³-hybridized carbons (Fsp3) is 0.188. The Morgan fingerprint density at radius 1 is 1.48 bits per heavy atom. The highest BCUT2D eigenvalue weighted by Crippen LogP contribution is 2.35. The second-order valence-corrected chi connectivity index (χ2v) is 5.60. The molecule has 2 aromatic heterocycles. The van der Waals surface area contributed by atoms with Gasteiger partial charge in [-0.2, -0.15) is 0 Å². The molecule has 0 radical (unpaired) electrons. The van der Waals surface area contributed by atoms with Crippen LogP contribution < -0.4 is 10.1 Å². The van der Waals surface area contributed by atoms with Crippen LogP contribution in [0.15, 0.2) is 36.2 Å². The van der Waals surface area contributed by atoms with Gasteiger partial charge in [-0.3, -0.25) is 0 Å². The standard InChI is InChI=1S/C16H17N3OS/c1-4-7-17-16-19-14(9-21-16)15-10(2)18-13-6-5-11(20-3)8-12(13)15/h4-6,8-9,18H,1,7H2,2-3H3,(H,17,19). The van der Waals surface area contributed by atoms with E-state index in [9.17, 15) is 0 Å². The highest BCUT2D eigenvalue weighted by molar-refractivity contribution is 7.14. The lowest BCUT2D eigenvalue weighted by Gasteiger charge is -2.01. The van der Waals surface area contributed by atoms with E-state index >= 15 is 0 Å². The Kier molecular flexibility index (Phi) is 3.66. The lowest BCUT2D eigenvalue weighted by atomic mass is 10.1. The summed E-state index contributed by atoms with van der Waals surface area (Å²) in [6.45, 7) is 6.49. The lowest BCUT2D eigenvalue weighted by molar-refractivity contribution is 0.415. The van der Waals surface area contributed by atoms with Gasteiger partial charge in [0.05, 0.1) is 12.8 Å². The summed E-state index contributed by atoms with van der Waals surface area (Å²) in [5.74, 6) is 0.850. The van der Waals surface area contributed by atoms with Crippen molar-refractivity contribution in [1.29, 1.82) is 0 Å². The topological polar surface area (TPSA) is 49.9 Å². The monoisotopic (exact) mass is 299 g/mol. The molecule has 0 aliphatic heterocycles. The number of rotatable bonds is 5. The first kappa shape index (κ1) is 13.7. The fourth-order valence-corrected chi connectivity index (χ4v) is 3.10. The Morgan fingerprint density at radius 2 is 2.33 bits per heavy atom. The van der Waals surface area contributed by atoms with Gasteiger partial charge >= 0.3 is 0 Å². The maximum atomic E-state index is 5.33. The van der Waals surface area contributed by atoms with E-state index in [1.165, 1.54) is 0 Å². The zero-order chi connectivity index (χ0) is 14.8. The van der Waals surface area contributed by atoms with Crippen molar-refractivity contribution in [2.24, 2.45) is 0 Å². The van der Waals surface area contributed by atoms with E-state index < -0.39 is 0 Å². The second-order valence-electron chi connectivity index (χ2n) is 4.74. The number of hydrogen-bond donors (Lipinski definition) is 2. The van der Waals surface area contributed by atoms with Gasteiger partial charge in [0.2, 0.25) is 0 Å². The highest BCUT2D eigenvalue weighted by Gasteiger charge is 2.14. The number of fused-ring (bicyclic) bond motifs is 1. The SMILES string of the molecule is C=CCNc1nc(-c2c(C)[nH]c3ccc(OC)cc23)cs1. The number of ether oxygens (including phenoxy) is 1. The van der Waals surface area contributed by atoms with E-state index in [0.29, 0.717) is 6.54 Å². The molecule has 0 aliphatic rings. The molecule has 0 saturated heterocycles. The number of benzene rings is 1. The minimum atomic E-state index is 0.716. The van der Waals surface area contributed by atoms with E-state index in [-0.39, 0.29) is 0 Å². The quantitative estimate of drug-likeness (QED) is 0.694. The molecular formula is C16H17N3OS.